The average molecular weight is 524 g/mol. The van der Waals surface area contributed by atoms with Crippen molar-refractivity contribution in [2.45, 2.75) is 52.9 Å². The third-order valence-electron chi connectivity index (χ3n) is 6.24. The fourth-order valence-corrected chi connectivity index (χ4v) is 6.24. The molecule has 1 nitrogen and oxygen atoms in total. The minimum atomic E-state index is 1.17. The Hall–Kier alpha value is -3.14. The lowest BCUT2D eigenvalue weighted by molar-refractivity contribution is 0.670. The summed E-state index contributed by atoms with van der Waals surface area (Å²) in [6.45, 7) is 6.55. The SMILES string of the molecule is CCCCCCc1ccc(-c2ccc(C)s2)s1.Cc1ccc(N(c2ccccc2)c2ccccc2)cc1. The summed E-state index contributed by atoms with van der Waals surface area (Å²) in [7, 11) is 0. The van der Waals surface area contributed by atoms with Gasteiger partial charge in [-0.25, -0.2) is 0 Å². The molecule has 0 aliphatic rings. The summed E-state index contributed by atoms with van der Waals surface area (Å²) < 4.78 is 0. The molecular formula is C34H37NS2. The van der Waals surface area contributed by atoms with Crippen molar-refractivity contribution in [3.8, 4) is 9.75 Å². The van der Waals surface area contributed by atoms with Crippen LogP contribution in [0.5, 0.6) is 0 Å². The summed E-state index contributed by atoms with van der Waals surface area (Å²) >= 11 is 3.86. The molecule has 0 spiro atoms. The van der Waals surface area contributed by atoms with E-state index in [4.69, 9.17) is 0 Å². The zero-order chi connectivity index (χ0) is 25.9. The van der Waals surface area contributed by atoms with Crippen LogP contribution in [-0.4, -0.2) is 0 Å². The standard InChI is InChI=1S/C19H17N.C15H20S2/c1-16-12-14-19(15-13-16)20(17-8-4-2-5-9-17)18-10-6-3-7-11-18;1-3-4-5-6-7-13-9-11-15(17-13)14-10-8-12(2)16-14/h2-15H,1H3;8-11H,3-7H2,1-2H3. The van der Waals surface area contributed by atoms with E-state index in [1.165, 1.54) is 69.4 Å². The van der Waals surface area contributed by atoms with Gasteiger partial charge in [0.2, 0.25) is 0 Å². The minimum absolute atomic E-state index is 1.17. The van der Waals surface area contributed by atoms with E-state index in [2.05, 4.69) is 123 Å². The normalized spacial score (nSPS) is 10.6. The fraction of sp³-hybridized carbons (Fsp3) is 0.235. The first kappa shape index (κ1) is 26.9. The van der Waals surface area contributed by atoms with Crippen LogP contribution >= 0.6 is 22.7 Å². The van der Waals surface area contributed by atoms with Gasteiger partial charge in [-0.1, -0.05) is 80.3 Å². The molecule has 2 aromatic heterocycles. The van der Waals surface area contributed by atoms with Gasteiger partial charge in [-0.15, -0.1) is 22.7 Å². The molecule has 0 fully saturated rings. The molecule has 5 rings (SSSR count). The van der Waals surface area contributed by atoms with Gasteiger partial charge in [-0.05, 0) is 87.4 Å². The molecule has 0 amide bonds. The number of thiophene rings is 2. The second-order valence-corrected chi connectivity index (χ2v) is 11.8. The number of nitrogens with zero attached hydrogens (tertiary/aromatic N) is 1. The van der Waals surface area contributed by atoms with E-state index in [1.807, 2.05) is 34.8 Å². The maximum absolute atomic E-state index is 2.31. The summed E-state index contributed by atoms with van der Waals surface area (Å²) in [5.41, 5.74) is 4.79. The van der Waals surface area contributed by atoms with E-state index in [0.29, 0.717) is 0 Å². The molecule has 5 aromatic rings. The molecule has 0 saturated carbocycles. The Morgan fingerprint density at radius 3 is 1.68 bits per heavy atom. The smallest absolute Gasteiger partial charge is 0.0461 e. The quantitative estimate of drug-likeness (QED) is 0.174. The number of benzene rings is 3. The molecular weight excluding hydrogens is 487 g/mol. The van der Waals surface area contributed by atoms with Crippen molar-refractivity contribution in [2.24, 2.45) is 0 Å². The summed E-state index contributed by atoms with van der Waals surface area (Å²) in [5.74, 6) is 0. The van der Waals surface area contributed by atoms with Gasteiger partial charge in [0.25, 0.3) is 0 Å². The number of para-hydroxylation sites is 2. The second kappa shape index (κ2) is 14.0. The molecule has 2 heterocycles. The zero-order valence-electron chi connectivity index (χ0n) is 22.2. The van der Waals surface area contributed by atoms with Crippen molar-refractivity contribution in [2.75, 3.05) is 4.90 Å². The van der Waals surface area contributed by atoms with Gasteiger partial charge in [-0.3, -0.25) is 0 Å². The summed E-state index contributed by atoms with van der Waals surface area (Å²) in [4.78, 5) is 8.07. The predicted molar refractivity (Wildman–Crippen MR) is 166 cm³/mol. The molecule has 0 saturated heterocycles. The Labute approximate surface area is 231 Å². The Bertz CT molecular complexity index is 1280. The highest BCUT2D eigenvalue weighted by molar-refractivity contribution is 7.22. The molecule has 0 unspecified atom stereocenters. The number of aryl methyl sites for hydroxylation is 3. The van der Waals surface area contributed by atoms with Crippen LogP contribution in [0, 0.1) is 13.8 Å². The highest BCUT2D eigenvalue weighted by Gasteiger charge is 2.11. The van der Waals surface area contributed by atoms with Gasteiger partial charge in [0.15, 0.2) is 0 Å². The minimum Gasteiger partial charge on any atom is -0.311 e. The lowest BCUT2D eigenvalue weighted by Gasteiger charge is -2.25. The largest absolute Gasteiger partial charge is 0.311 e. The number of hydrogen-bond donors (Lipinski definition) is 0. The third-order valence-corrected chi connectivity index (χ3v) is 8.58. The number of unbranched alkanes of at least 4 members (excludes halogenated alkanes) is 3. The lowest BCUT2D eigenvalue weighted by atomic mass is 10.1. The van der Waals surface area contributed by atoms with E-state index < -0.39 is 0 Å². The summed E-state index contributed by atoms with van der Waals surface area (Å²) in [6, 6.07) is 38.5. The van der Waals surface area contributed by atoms with Crippen LogP contribution in [0.2, 0.25) is 0 Å². The molecule has 3 aromatic carbocycles. The van der Waals surface area contributed by atoms with Crippen LogP contribution in [0.25, 0.3) is 9.75 Å². The molecule has 190 valence electrons. The Kier molecular flexibility index (Phi) is 10.2. The van der Waals surface area contributed by atoms with E-state index in [1.54, 1.807) is 4.88 Å². The number of rotatable bonds is 9. The van der Waals surface area contributed by atoms with Gasteiger partial charge in [0, 0.05) is 36.6 Å². The van der Waals surface area contributed by atoms with Crippen molar-refractivity contribution >= 4 is 39.7 Å². The highest BCUT2D eigenvalue weighted by Crippen LogP contribution is 2.35. The Balaban J connectivity index is 0.000000176. The summed E-state index contributed by atoms with van der Waals surface area (Å²) in [6.07, 6.45) is 6.68. The van der Waals surface area contributed by atoms with Crippen molar-refractivity contribution in [3.05, 3.63) is 125 Å². The van der Waals surface area contributed by atoms with E-state index >= 15 is 0 Å². The average Bonchev–Trinajstić information content (AvgIpc) is 3.59. The molecule has 0 atom stereocenters. The molecule has 0 aliphatic carbocycles. The van der Waals surface area contributed by atoms with Gasteiger partial charge in [-0.2, -0.15) is 0 Å². The van der Waals surface area contributed by atoms with E-state index in [-0.39, 0.29) is 0 Å². The van der Waals surface area contributed by atoms with Crippen molar-refractivity contribution in [1.29, 1.82) is 0 Å². The van der Waals surface area contributed by atoms with Crippen LogP contribution in [0.4, 0.5) is 17.1 Å². The number of anilines is 3. The van der Waals surface area contributed by atoms with Gasteiger partial charge < -0.3 is 4.90 Å². The predicted octanol–water partition coefficient (Wildman–Crippen LogP) is 11.4. The fourth-order valence-electron chi connectivity index (χ4n) is 4.23. The van der Waals surface area contributed by atoms with Gasteiger partial charge in [0.1, 0.15) is 0 Å². The van der Waals surface area contributed by atoms with E-state index in [9.17, 15) is 0 Å². The van der Waals surface area contributed by atoms with Crippen LogP contribution in [-0.2, 0) is 6.42 Å². The van der Waals surface area contributed by atoms with Crippen LogP contribution < -0.4 is 4.90 Å². The van der Waals surface area contributed by atoms with Crippen molar-refractivity contribution in [3.63, 3.8) is 0 Å². The topological polar surface area (TPSA) is 3.24 Å². The van der Waals surface area contributed by atoms with Gasteiger partial charge >= 0.3 is 0 Å². The first-order chi connectivity index (χ1) is 18.1. The first-order valence-electron chi connectivity index (χ1n) is 13.3. The molecule has 3 heteroatoms. The maximum atomic E-state index is 2.31. The molecule has 0 radical (unpaired) electrons. The molecule has 0 bridgehead atoms. The second-order valence-electron chi connectivity index (χ2n) is 9.33. The third kappa shape index (κ3) is 7.92. The first-order valence-corrected chi connectivity index (χ1v) is 14.9. The van der Waals surface area contributed by atoms with Crippen molar-refractivity contribution < 1.29 is 0 Å². The maximum Gasteiger partial charge on any atom is 0.0461 e. The monoisotopic (exact) mass is 523 g/mol. The highest BCUT2D eigenvalue weighted by atomic mass is 32.1. The molecule has 0 N–H and O–H groups in total. The number of hydrogen-bond acceptors (Lipinski definition) is 3. The van der Waals surface area contributed by atoms with Crippen molar-refractivity contribution in [1.82, 2.24) is 0 Å². The van der Waals surface area contributed by atoms with Crippen LogP contribution in [0.1, 0.15) is 47.9 Å². The van der Waals surface area contributed by atoms with Gasteiger partial charge in [0.05, 0.1) is 0 Å². The van der Waals surface area contributed by atoms with Crippen LogP contribution in [0.15, 0.2) is 109 Å². The summed E-state index contributed by atoms with van der Waals surface area (Å²) in [5, 5.41) is 0. The van der Waals surface area contributed by atoms with Crippen LogP contribution in [0.3, 0.4) is 0 Å². The lowest BCUT2D eigenvalue weighted by Crippen LogP contribution is -2.09. The molecule has 37 heavy (non-hydrogen) atoms. The Morgan fingerprint density at radius 2 is 1.11 bits per heavy atom. The van der Waals surface area contributed by atoms with E-state index in [0.717, 1.165) is 0 Å². The Morgan fingerprint density at radius 1 is 0.541 bits per heavy atom. The molecule has 0 aliphatic heterocycles. The zero-order valence-corrected chi connectivity index (χ0v) is 23.8.